The van der Waals surface area contributed by atoms with Crippen molar-refractivity contribution in [1.82, 2.24) is 20.2 Å². The molecule has 0 atom stereocenters. The van der Waals surface area contributed by atoms with Crippen LogP contribution >= 0.6 is 0 Å². The molecule has 0 bridgehead atoms. The number of unbranched alkanes of at least 4 members (excludes halogenated alkanes) is 2. The molecule has 0 aliphatic carbocycles. The third-order valence-electron chi connectivity index (χ3n) is 3.43. The summed E-state index contributed by atoms with van der Waals surface area (Å²) >= 11 is 0. The van der Waals surface area contributed by atoms with E-state index in [1.807, 2.05) is 12.1 Å². The number of methoxy groups -OCH3 is 2. The minimum Gasteiger partial charge on any atom is -0.493 e. The largest absolute Gasteiger partial charge is 0.493 e. The van der Waals surface area contributed by atoms with Crippen LogP contribution in [0.5, 0.6) is 11.5 Å². The van der Waals surface area contributed by atoms with Crippen molar-refractivity contribution in [3.05, 3.63) is 18.2 Å². The van der Waals surface area contributed by atoms with Gasteiger partial charge in [-0.15, -0.1) is 5.10 Å². The Morgan fingerprint density at radius 3 is 2.65 bits per heavy atom. The molecule has 1 heterocycles. The number of tetrazole rings is 1. The van der Waals surface area contributed by atoms with E-state index in [1.54, 1.807) is 25.0 Å². The molecule has 1 aromatic carbocycles. The number of carboxylic acid groups (broad SMARTS) is 1. The predicted molar refractivity (Wildman–Crippen MR) is 82.5 cm³/mol. The van der Waals surface area contributed by atoms with E-state index in [0.29, 0.717) is 30.3 Å². The van der Waals surface area contributed by atoms with Crippen molar-refractivity contribution in [1.29, 1.82) is 0 Å². The van der Waals surface area contributed by atoms with Crippen LogP contribution in [-0.2, 0) is 11.3 Å². The lowest BCUT2D eigenvalue weighted by Gasteiger charge is -2.09. The molecule has 2 rings (SSSR count). The Bertz CT molecular complexity index is 657. The number of nitrogens with zero attached hydrogens (tertiary/aromatic N) is 4. The van der Waals surface area contributed by atoms with Gasteiger partial charge in [0.05, 0.1) is 14.2 Å². The van der Waals surface area contributed by atoms with Crippen LogP contribution in [0.15, 0.2) is 18.2 Å². The second-order valence-electron chi connectivity index (χ2n) is 5.00. The van der Waals surface area contributed by atoms with E-state index in [9.17, 15) is 4.79 Å². The standard InChI is InChI=1S/C15H20N4O4/c1-22-12-8-7-11(10-13(12)23-2)15-16-17-18-19(15)9-5-3-4-6-14(20)21/h7-8,10H,3-6,9H2,1-2H3,(H,20,21). The Morgan fingerprint density at radius 2 is 1.96 bits per heavy atom. The van der Waals surface area contributed by atoms with Crippen LogP contribution in [0.4, 0.5) is 0 Å². The average Bonchev–Trinajstić information content (AvgIpc) is 3.02. The van der Waals surface area contributed by atoms with E-state index in [-0.39, 0.29) is 6.42 Å². The molecule has 0 aliphatic rings. The number of aromatic nitrogens is 4. The van der Waals surface area contributed by atoms with Gasteiger partial charge in [-0.25, -0.2) is 4.68 Å². The zero-order valence-electron chi connectivity index (χ0n) is 13.2. The third kappa shape index (κ3) is 4.41. The van der Waals surface area contributed by atoms with Crippen LogP contribution in [-0.4, -0.2) is 45.5 Å². The molecule has 8 nitrogen and oxygen atoms in total. The highest BCUT2D eigenvalue weighted by Crippen LogP contribution is 2.31. The summed E-state index contributed by atoms with van der Waals surface area (Å²) in [5.74, 6) is 1.13. The summed E-state index contributed by atoms with van der Waals surface area (Å²) < 4.78 is 12.2. The smallest absolute Gasteiger partial charge is 0.303 e. The number of carbonyl (C=O) groups is 1. The first-order valence-corrected chi connectivity index (χ1v) is 7.36. The van der Waals surface area contributed by atoms with Gasteiger partial charge >= 0.3 is 5.97 Å². The minimum atomic E-state index is -0.765. The highest BCUT2D eigenvalue weighted by molar-refractivity contribution is 5.66. The van der Waals surface area contributed by atoms with Gasteiger partial charge in [-0.1, -0.05) is 6.42 Å². The fourth-order valence-electron chi connectivity index (χ4n) is 2.25. The van der Waals surface area contributed by atoms with Gasteiger partial charge in [-0.2, -0.15) is 0 Å². The van der Waals surface area contributed by atoms with E-state index in [2.05, 4.69) is 15.5 Å². The van der Waals surface area contributed by atoms with Gasteiger partial charge in [0.15, 0.2) is 17.3 Å². The van der Waals surface area contributed by atoms with Crippen molar-refractivity contribution >= 4 is 5.97 Å². The van der Waals surface area contributed by atoms with E-state index in [0.717, 1.165) is 18.4 Å². The van der Waals surface area contributed by atoms with Gasteiger partial charge in [-0.05, 0) is 41.5 Å². The second-order valence-corrected chi connectivity index (χ2v) is 5.00. The molecule has 0 saturated carbocycles. The molecule has 8 heteroatoms. The minimum absolute atomic E-state index is 0.193. The first kappa shape index (κ1) is 16.7. The van der Waals surface area contributed by atoms with Crippen molar-refractivity contribution in [2.45, 2.75) is 32.2 Å². The quantitative estimate of drug-likeness (QED) is 0.705. The van der Waals surface area contributed by atoms with E-state index in [4.69, 9.17) is 14.6 Å². The highest BCUT2D eigenvalue weighted by atomic mass is 16.5. The first-order valence-electron chi connectivity index (χ1n) is 7.36. The number of hydrogen-bond donors (Lipinski definition) is 1. The van der Waals surface area contributed by atoms with Gasteiger partial charge in [0.2, 0.25) is 0 Å². The summed E-state index contributed by atoms with van der Waals surface area (Å²) in [6.07, 6.45) is 2.48. The van der Waals surface area contributed by atoms with E-state index >= 15 is 0 Å². The lowest BCUT2D eigenvalue weighted by Crippen LogP contribution is -2.04. The number of rotatable bonds is 9. The molecule has 0 amide bonds. The summed E-state index contributed by atoms with van der Waals surface area (Å²) in [6.45, 7) is 0.635. The Kier molecular flexibility index (Phi) is 5.90. The molecule has 2 aromatic rings. The molecule has 0 spiro atoms. The Morgan fingerprint density at radius 1 is 1.17 bits per heavy atom. The lowest BCUT2D eigenvalue weighted by atomic mass is 10.1. The van der Waals surface area contributed by atoms with Crippen LogP contribution in [0.25, 0.3) is 11.4 Å². The fourth-order valence-corrected chi connectivity index (χ4v) is 2.25. The third-order valence-corrected chi connectivity index (χ3v) is 3.43. The van der Waals surface area contributed by atoms with Gasteiger partial charge < -0.3 is 14.6 Å². The number of benzene rings is 1. The molecule has 0 unspecified atom stereocenters. The number of carboxylic acids is 1. The second kappa shape index (κ2) is 8.11. The van der Waals surface area contributed by atoms with Crippen LogP contribution in [0.3, 0.4) is 0 Å². The number of aryl methyl sites for hydroxylation is 1. The van der Waals surface area contributed by atoms with Crippen molar-refractivity contribution in [2.75, 3.05) is 14.2 Å². The maximum atomic E-state index is 10.5. The van der Waals surface area contributed by atoms with Gasteiger partial charge in [0, 0.05) is 18.5 Å². The summed E-state index contributed by atoms with van der Waals surface area (Å²) in [6, 6.07) is 5.50. The zero-order chi connectivity index (χ0) is 16.7. The summed E-state index contributed by atoms with van der Waals surface area (Å²) in [4.78, 5) is 10.5. The topological polar surface area (TPSA) is 99.4 Å². The SMILES string of the molecule is COc1ccc(-c2nnnn2CCCCCC(=O)O)cc1OC. The Labute approximate surface area is 134 Å². The maximum absolute atomic E-state index is 10.5. The van der Waals surface area contributed by atoms with E-state index < -0.39 is 5.97 Å². The number of hydrogen-bond acceptors (Lipinski definition) is 6. The molecule has 0 saturated heterocycles. The van der Waals surface area contributed by atoms with Crippen LogP contribution < -0.4 is 9.47 Å². The molecule has 0 radical (unpaired) electrons. The van der Waals surface area contributed by atoms with Crippen molar-refractivity contribution in [3.63, 3.8) is 0 Å². The molecule has 1 aromatic heterocycles. The average molecular weight is 320 g/mol. The summed E-state index contributed by atoms with van der Waals surface area (Å²) in [5, 5.41) is 20.4. The monoisotopic (exact) mass is 320 g/mol. The molecule has 0 aliphatic heterocycles. The Hall–Kier alpha value is -2.64. The highest BCUT2D eigenvalue weighted by Gasteiger charge is 2.12. The van der Waals surface area contributed by atoms with Crippen LogP contribution in [0, 0.1) is 0 Å². The maximum Gasteiger partial charge on any atom is 0.303 e. The molecular weight excluding hydrogens is 300 g/mol. The normalized spacial score (nSPS) is 10.5. The van der Waals surface area contributed by atoms with E-state index in [1.165, 1.54) is 0 Å². The van der Waals surface area contributed by atoms with Crippen molar-refractivity contribution in [3.8, 4) is 22.9 Å². The zero-order valence-corrected chi connectivity index (χ0v) is 13.2. The van der Waals surface area contributed by atoms with Crippen molar-refractivity contribution in [2.24, 2.45) is 0 Å². The van der Waals surface area contributed by atoms with Gasteiger partial charge in [0.1, 0.15) is 0 Å². The lowest BCUT2D eigenvalue weighted by molar-refractivity contribution is -0.137. The molecule has 1 N–H and O–H groups in total. The Balaban J connectivity index is 2.04. The molecule has 23 heavy (non-hydrogen) atoms. The predicted octanol–water partition coefficient (Wildman–Crippen LogP) is 2.00. The first-order chi connectivity index (χ1) is 11.2. The number of ether oxygens (including phenoxy) is 2. The molecular formula is C15H20N4O4. The van der Waals surface area contributed by atoms with Crippen molar-refractivity contribution < 1.29 is 19.4 Å². The molecule has 124 valence electrons. The van der Waals surface area contributed by atoms with Gasteiger partial charge in [-0.3, -0.25) is 4.79 Å². The molecule has 0 fully saturated rings. The van der Waals surface area contributed by atoms with Gasteiger partial charge in [0.25, 0.3) is 0 Å². The van der Waals surface area contributed by atoms with Crippen LogP contribution in [0.1, 0.15) is 25.7 Å². The van der Waals surface area contributed by atoms with Crippen LogP contribution in [0.2, 0.25) is 0 Å². The summed E-state index contributed by atoms with van der Waals surface area (Å²) in [7, 11) is 3.16. The number of aliphatic carboxylic acids is 1. The fraction of sp³-hybridized carbons (Fsp3) is 0.467. The summed E-state index contributed by atoms with van der Waals surface area (Å²) in [5.41, 5.74) is 0.832.